The first kappa shape index (κ1) is 17.1. The van der Waals surface area contributed by atoms with Crippen LogP contribution in [0, 0.1) is 0 Å². The van der Waals surface area contributed by atoms with Crippen molar-refractivity contribution in [2.75, 3.05) is 23.4 Å². The molecule has 0 radical (unpaired) electrons. The topological polar surface area (TPSA) is 75.7 Å². The molecule has 0 unspecified atom stereocenters. The second-order valence-electron chi connectivity index (χ2n) is 4.85. The summed E-state index contributed by atoms with van der Waals surface area (Å²) >= 11 is 7.79. The first-order valence-corrected chi connectivity index (χ1v) is 9.17. The monoisotopic (exact) mass is 472 g/mol. The van der Waals surface area contributed by atoms with Crippen molar-refractivity contribution >= 4 is 72.4 Å². The average Bonchev–Trinajstić information content (AvgIpc) is 2.90. The fourth-order valence-electron chi connectivity index (χ4n) is 2.18. The summed E-state index contributed by atoms with van der Waals surface area (Å²) < 4.78 is 6.58. The third-order valence-electron chi connectivity index (χ3n) is 3.24. The predicted octanol–water partition coefficient (Wildman–Crippen LogP) is 3.42. The molecule has 24 heavy (non-hydrogen) atoms. The molecule has 1 aromatic heterocycles. The number of carbonyl (C=O) groups excluding carboxylic acids is 3. The van der Waals surface area contributed by atoms with E-state index in [0.29, 0.717) is 16.3 Å². The number of carbonyl (C=O) groups is 3. The summed E-state index contributed by atoms with van der Waals surface area (Å²) in [6.45, 7) is -0.545. The zero-order valence-corrected chi connectivity index (χ0v) is 16.0. The van der Waals surface area contributed by atoms with Crippen molar-refractivity contribution in [1.82, 2.24) is 0 Å². The lowest BCUT2D eigenvalue weighted by Gasteiger charge is -2.28. The molecule has 9 heteroatoms. The Kier molecular flexibility index (Phi) is 5.02. The summed E-state index contributed by atoms with van der Waals surface area (Å²) in [6, 6.07) is 8.58. The van der Waals surface area contributed by atoms with Gasteiger partial charge in [0.15, 0.2) is 6.61 Å². The second-order valence-corrected chi connectivity index (χ2v) is 8.08. The highest BCUT2D eigenvalue weighted by Gasteiger charge is 2.27. The van der Waals surface area contributed by atoms with Gasteiger partial charge >= 0.3 is 5.97 Å². The molecule has 0 aliphatic carbocycles. The van der Waals surface area contributed by atoms with Crippen LogP contribution >= 0.6 is 43.2 Å². The highest BCUT2D eigenvalue weighted by atomic mass is 79.9. The van der Waals surface area contributed by atoms with Crippen molar-refractivity contribution in [2.45, 2.75) is 0 Å². The number of hydrogen-bond acceptors (Lipinski definition) is 5. The smallest absolute Gasteiger partial charge is 0.348 e. The fourth-order valence-corrected chi connectivity index (χ4v) is 4.11. The van der Waals surface area contributed by atoms with Crippen LogP contribution in [-0.2, 0) is 14.3 Å². The summed E-state index contributed by atoms with van der Waals surface area (Å²) in [4.78, 5) is 37.8. The third kappa shape index (κ3) is 3.52. The van der Waals surface area contributed by atoms with Crippen LogP contribution in [0.5, 0.6) is 0 Å². The van der Waals surface area contributed by atoms with Gasteiger partial charge in [-0.2, -0.15) is 0 Å². The van der Waals surface area contributed by atoms with Gasteiger partial charge in [-0.3, -0.25) is 14.5 Å². The van der Waals surface area contributed by atoms with E-state index in [0.717, 1.165) is 8.26 Å². The van der Waals surface area contributed by atoms with E-state index in [1.54, 1.807) is 30.3 Å². The molecule has 1 aromatic carbocycles. The quantitative estimate of drug-likeness (QED) is 0.693. The molecule has 1 N–H and O–H groups in total. The van der Waals surface area contributed by atoms with Gasteiger partial charge in [0.1, 0.15) is 11.4 Å². The van der Waals surface area contributed by atoms with Gasteiger partial charge < -0.3 is 10.1 Å². The van der Waals surface area contributed by atoms with E-state index in [4.69, 9.17) is 4.74 Å². The average molecular weight is 474 g/mol. The summed E-state index contributed by atoms with van der Waals surface area (Å²) in [6.07, 6.45) is 0. The number of thiophene rings is 1. The van der Waals surface area contributed by atoms with E-state index in [9.17, 15) is 14.4 Å². The van der Waals surface area contributed by atoms with Gasteiger partial charge in [-0.05, 0) is 50.1 Å². The standard InChI is InChI=1S/C15H10Br2N2O4S/c16-8-5-11(24-14(8)17)15(22)23-7-13(21)19-6-12(20)18-9-3-1-2-4-10(9)19/h1-5H,6-7H2,(H,18,20). The lowest BCUT2D eigenvalue weighted by Crippen LogP contribution is -2.44. The van der Waals surface area contributed by atoms with Gasteiger partial charge in [-0.25, -0.2) is 4.79 Å². The van der Waals surface area contributed by atoms with Crippen molar-refractivity contribution in [3.05, 3.63) is 43.5 Å². The number of ether oxygens (including phenoxy) is 1. The zero-order chi connectivity index (χ0) is 17.3. The number of esters is 1. The minimum Gasteiger partial charge on any atom is -0.451 e. The van der Waals surface area contributed by atoms with Crippen molar-refractivity contribution in [3.8, 4) is 0 Å². The van der Waals surface area contributed by atoms with E-state index in [-0.39, 0.29) is 12.5 Å². The van der Waals surface area contributed by atoms with Crippen LogP contribution in [0.15, 0.2) is 38.6 Å². The third-order valence-corrected chi connectivity index (χ3v) is 6.48. The molecule has 0 spiro atoms. The maximum Gasteiger partial charge on any atom is 0.348 e. The van der Waals surface area contributed by atoms with E-state index in [1.807, 2.05) is 0 Å². The highest BCUT2D eigenvalue weighted by Crippen LogP contribution is 2.33. The number of halogens is 2. The number of rotatable bonds is 3. The minimum atomic E-state index is -0.588. The molecule has 1 aliphatic heterocycles. The van der Waals surface area contributed by atoms with Crippen LogP contribution in [0.1, 0.15) is 9.67 Å². The largest absolute Gasteiger partial charge is 0.451 e. The lowest BCUT2D eigenvalue weighted by atomic mass is 10.2. The molecule has 0 saturated carbocycles. The summed E-state index contributed by atoms with van der Waals surface area (Å²) in [7, 11) is 0. The Bertz CT molecular complexity index is 817. The molecular weight excluding hydrogens is 464 g/mol. The first-order valence-electron chi connectivity index (χ1n) is 6.77. The van der Waals surface area contributed by atoms with E-state index in [2.05, 4.69) is 37.2 Å². The summed E-state index contributed by atoms with van der Waals surface area (Å²) in [5, 5.41) is 2.70. The van der Waals surface area contributed by atoms with Gasteiger partial charge in [-0.15, -0.1) is 11.3 Å². The number of fused-ring (bicyclic) bond motifs is 1. The van der Waals surface area contributed by atoms with Crippen LogP contribution in [0.25, 0.3) is 0 Å². The molecule has 0 atom stereocenters. The first-order chi connectivity index (χ1) is 11.5. The number of hydrogen-bond donors (Lipinski definition) is 1. The van der Waals surface area contributed by atoms with E-state index < -0.39 is 18.5 Å². The fraction of sp³-hybridized carbons (Fsp3) is 0.133. The van der Waals surface area contributed by atoms with Crippen molar-refractivity contribution in [3.63, 3.8) is 0 Å². The van der Waals surface area contributed by atoms with Crippen LogP contribution in [-0.4, -0.2) is 30.9 Å². The zero-order valence-electron chi connectivity index (χ0n) is 12.0. The van der Waals surface area contributed by atoms with Gasteiger partial charge in [-0.1, -0.05) is 12.1 Å². The molecule has 0 bridgehead atoms. The molecular formula is C15H10Br2N2O4S. The Hall–Kier alpha value is -1.71. The van der Waals surface area contributed by atoms with Gasteiger partial charge in [0.05, 0.1) is 15.2 Å². The normalized spacial score (nSPS) is 13.2. The number of anilines is 2. The van der Waals surface area contributed by atoms with Crippen LogP contribution in [0.2, 0.25) is 0 Å². The minimum absolute atomic E-state index is 0.108. The molecule has 3 rings (SSSR count). The highest BCUT2D eigenvalue weighted by molar-refractivity contribution is 9.13. The second kappa shape index (κ2) is 7.04. The molecule has 0 fully saturated rings. The van der Waals surface area contributed by atoms with Gasteiger partial charge in [0.2, 0.25) is 5.91 Å². The van der Waals surface area contributed by atoms with Crippen molar-refractivity contribution in [2.24, 2.45) is 0 Å². The lowest BCUT2D eigenvalue weighted by molar-refractivity contribution is -0.124. The SMILES string of the molecule is O=C1CN(C(=O)COC(=O)c2cc(Br)c(Br)s2)c2ccccc2N1. The summed E-state index contributed by atoms with van der Waals surface area (Å²) in [5.41, 5.74) is 1.14. The molecule has 124 valence electrons. The maximum absolute atomic E-state index is 12.4. The predicted molar refractivity (Wildman–Crippen MR) is 97.4 cm³/mol. The van der Waals surface area contributed by atoms with Crippen LogP contribution < -0.4 is 10.2 Å². The number of benzene rings is 1. The maximum atomic E-state index is 12.4. The van der Waals surface area contributed by atoms with Crippen LogP contribution in [0.3, 0.4) is 0 Å². The van der Waals surface area contributed by atoms with E-state index >= 15 is 0 Å². The summed E-state index contributed by atoms with van der Waals surface area (Å²) in [5.74, 6) is -1.34. The Morgan fingerprint density at radius 3 is 2.75 bits per heavy atom. The Morgan fingerprint density at radius 1 is 1.29 bits per heavy atom. The Balaban J connectivity index is 1.69. The van der Waals surface area contributed by atoms with Crippen molar-refractivity contribution in [1.29, 1.82) is 0 Å². The van der Waals surface area contributed by atoms with Crippen LogP contribution in [0.4, 0.5) is 11.4 Å². The number of amides is 2. The Labute approximate surface area is 158 Å². The van der Waals surface area contributed by atoms with Gasteiger partial charge in [0, 0.05) is 4.47 Å². The Morgan fingerprint density at radius 2 is 2.04 bits per heavy atom. The molecule has 6 nitrogen and oxygen atoms in total. The number of nitrogens with zero attached hydrogens (tertiary/aromatic N) is 1. The van der Waals surface area contributed by atoms with Crippen molar-refractivity contribution < 1.29 is 19.1 Å². The van der Waals surface area contributed by atoms with Gasteiger partial charge in [0.25, 0.3) is 5.91 Å². The van der Waals surface area contributed by atoms with E-state index in [1.165, 1.54) is 16.2 Å². The number of para-hydroxylation sites is 2. The molecule has 1 aliphatic rings. The molecule has 2 heterocycles. The molecule has 0 saturated heterocycles. The molecule has 2 aromatic rings. The molecule has 2 amide bonds. The number of nitrogens with one attached hydrogen (secondary N) is 1.